The molecule has 0 spiro atoms. The quantitative estimate of drug-likeness (QED) is 0.824. The van der Waals surface area contributed by atoms with E-state index in [9.17, 15) is 0 Å². The number of para-hydroxylation sites is 1. The molecule has 21 heavy (non-hydrogen) atoms. The molecule has 0 atom stereocenters. The lowest BCUT2D eigenvalue weighted by Crippen LogP contribution is -2.13. The van der Waals surface area contributed by atoms with Crippen LogP contribution in [0.4, 0.5) is 0 Å². The van der Waals surface area contributed by atoms with Crippen LogP contribution < -0.4 is 10.1 Å². The second-order valence-electron chi connectivity index (χ2n) is 5.38. The zero-order valence-electron chi connectivity index (χ0n) is 12.3. The van der Waals surface area contributed by atoms with E-state index in [4.69, 9.17) is 16.3 Å². The van der Waals surface area contributed by atoms with Crippen LogP contribution in [0.5, 0.6) is 5.75 Å². The molecule has 2 aromatic rings. The first-order valence-corrected chi connectivity index (χ1v) is 7.91. The summed E-state index contributed by atoms with van der Waals surface area (Å²) in [5, 5.41) is 4.20. The summed E-state index contributed by atoms with van der Waals surface area (Å²) >= 11 is 6.43. The Labute approximate surface area is 131 Å². The van der Waals surface area contributed by atoms with Crippen LogP contribution in [0.15, 0.2) is 36.4 Å². The minimum absolute atomic E-state index is 0.777. The van der Waals surface area contributed by atoms with Gasteiger partial charge in [-0.2, -0.15) is 0 Å². The van der Waals surface area contributed by atoms with Gasteiger partial charge in [0.05, 0.1) is 6.61 Å². The SMILES string of the molecule is CCCNCc1ccc(-c2cccc3c2OCC3)cc1Cl. The van der Waals surface area contributed by atoms with Crippen LogP contribution in [-0.4, -0.2) is 13.2 Å². The van der Waals surface area contributed by atoms with Gasteiger partial charge in [-0.1, -0.05) is 48.9 Å². The van der Waals surface area contributed by atoms with Crippen LogP contribution in [0.3, 0.4) is 0 Å². The number of halogens is 1. The molecule has 1 heterocycles. The van der Waals surface area contributed by atoms with Gasteiger partial charge in [0.1, 0.15) is 5.75 Å². The summed E-state index contributed by atoms with van der Waals surface area (Å²) in [6.45, 7) is 4.77. The average molecular weight is 302 g/mol. The van der Waals surface area contributed by atoms with Gasteiger partial charge in [-0.3, -0.25) is 0 Å². The number of ether oxygens (including phenoxy) is 1. The van der Waals surface area contributed by atoms with Gasteiger partial charge in [-0.05, 0) is 35.7 Å². The Morgan fingerprint density at radius 2 is 2.14 bits per heavy atom. The lowest BCUT2D eigenvalue weighted by atomic mass is 10.00. The first kappa shape index (κ1) is 14.4. The maximum absolute atomic E-state index is 6.43. The van der Waals surface area contributed by atoms with E-state index in [0.717, 1.165) is 60.0 Å². The van der Waals surface area contributed by atoms with Gasteiger partial charge in [0.2, 0.25) is 0 Å². The summed E-state index contributed by atoms with van der Waals surface area (Å²) in [6, 6.07) is 12.6. The highest BCUT2D eigenvalue weighted by atomic mass is 35.5. The molecule has 0 amide bonds. The maximum atomic E-state index is 6.43. The largest absolute Gasteiger partial charge is 0.492 e. The number of hydrogen-bond donors (Lipinski definition) is 1. The molecular formula is C18H20ClNO. The summed E-state index contributed by atoms with van der Waals surface area (Å²) in [6.07, 6.45) is 2.12. The van der Waals surface area contributed by atoms with Crippen molar-refractivity contribution < 1.29 is 4.74 Å². The summed E-state index contributed by atoms with van der Waals surface area (Å²) < 4.78 is 5.78. The first-order valence-electron chi connectivity index (χ1n) is 7.54. The van der Waals surface area contributed by atoms with Crippen molar-refractivity contribution in [3.63, 3.8) is 0 Å². The molecule has 0 unspecified atom stereocenters. The molecule has 0 bridgehead atoms. The lowest BCUT2D eigenvalue weighted by molar-refractivity contribution is 0.358. The second kappa shape index (κ2) is 6.50. The van der Waals surface area contributed by atoms with Gasteiger partial charge in [-0.25, -0.2) is 0 Å². The highest BCUT2D eigenvalue weighted by molar-refractivity contribution is 6.31. The van der Waals surface area contributed by atoms with Crippen LogP contribution in [0, 0.1) is 0 Å². The molecule has 2 aromatic carbocycles. The number of rotatable bonds is 5. The van der Waals surface area contributed by atoms with Crippen LogP contribution >= 0.6 is 11.6 Å². The van der Waals surface area contributed by atoms with E-state index in [1.165, 1.54) is 5.56 Å². The highest BCUT2D eigenvalue weighted by Crippen LogP contribution is 2.37. The molecule has 2 nitrogen and oxygen atoms in total. The average Bonchev–Trinajstić information content (AvgIpc) is 2.97. The maximum Gasteiger partial charge on any atom is 0.130 e. The van der Waals surface area contributed by atoms with Gasteiger partial charge in [0.15, 0.2) is 0 Å². The third kappa shape index (κ3) is 3.07. The molecule has 0 aromatic heterocycles. The zero-order chi connectivity index (χ0) is 14.7. The zero-order valence-corrected chi connectivity index (χ0v) is 13.0. The molecule has 0 fully saturated rings. The van der Waals surface area contributed by atoms with Crippen LogP contribution in [0.1, 0.15) is 24.5 Å². The molecule has 1 aliphatic heterocycles. The molecule has 0 aliphatic carbocycles. The van der Waals surface area contributed by atoms with Gasteiger partial charge in [0, 0.05) is 23.6 Å². The van der Waals surface area contributed by atoms with Crippen molar-refractivity contribution in [2.24, 2.45) is 0 Å². The molecule has 110 valence electrons. The summed E-state index contributed by atoms with van der Waals surface area (Å²) in [5.41, 5.74) is 4.69. The molecule has 3 heteroatoms. The predicted molar refractivity (Wildman–Crippen MR) is 88.1 cm³/mol. The number of benzene rings is 2. The van der Waals surface area contributed by atoms with E-state index in [-0.39, 0.29) is 0 Å². The van der Waals surface area contributed by atoms with E-state index in [2.05, 4.69) is 42.6 Å². The fourth-order valence-corrected chi connectivity index (χ4v) is 2.95. The van der Waals surface area contributed by atoms with Gasteiger partial charge in [-0.15, -0.1) is 0 Å². The van der Waals surface area contributed by atoms with E-state index in [0.29, 0.717) is 0 Å². The standard InChI is InChI=1S/C18H20ClNO/c1-2-9-20-12-15-7-6-14(11-17(15)19)16-5-3-4-13-8-10-21-18(13)16/h3-7,11,20H,2,8-10,12H2,1H3. The Kier molecular flexibility index (Phi) is 4.47. The summed E-state index contributed by atoms with van der Waals surface area (Å²) in [7, 11) is 0. The van der Waals surface area contributed by atoms with Crippen molar-refractivity contribution in [1.29, 1.82) is 0 Å². The van der Waals surface area contributed by atoms with Crippen molar-refractivity contribution >= 4 is 11.6 Å². The monoisotopic (exact) mass is 301 g/mol. The molecule has 0 saturated heterocycles. The third-order valence-electron chi connectivity index (χ3n) is 3.82. The summed E-state index contributed by atoms with van der Waals surface area (Å²) in [5.74, 6) is 1.02. The second-order valence-corrected chi connectivity index (χ2v) is 5.78. The Hall–Kier alpha value is -1.51. The van der Waals surface area contributed by atoms with Crippen molar-refractivity contribution in [3.05, 3.63) is 52.5 Å². The van der Waals surface area contributed by atoms with Crippen molar-refractivity contribution in [2.45, 2.75) is 26.3 Å². The fraction of sp³-hybridized carbons (Fsp3) is 0.333. The summed E-state index contributed by atoms with van der Waals surface area (Å²) in [4.78, 5) is 0. The van der Waals surface area contributed by atoms with Gasteiger partial charge < -0.3 is 10.1 Å². The Morgan fingerprint density at radius 3 is 2.95 bits per heavy atom. The minimum Gasteiger partial charge on any atom is -0.492 e. The molecule has 0 radical (unpaired) electrons. The van der Waals surface area contributed by atoms with E-state index in [1.807, 2.05) is 6.07 Å². The lowest BCUT2D eigenvalue weighted by Gasteiger charge is -2.11. The number of fused-ring (bicyclic) bond motifs is 1. The Bertz CT molecular complexity index is 639. The van der Waals surface area contributed by atoms with Gasteiger partial charge in [0.25, 0.3) is 0 Å². The van der Waals surface area contributed by atoms with Crippen molar-refractivity contribution in [3.8, 4) is 16.9 Å². The van der Waals surface area contributed by atoms with Crippen LogP contribution in [-0.2, 0) is 13.0 Å². The van der Waals surface area contributed by atoms with E-state index >= 15 is 0 Å². The smallest absolute Gasteiger partial charge is 0.130 e. The van der Waals surface area contributed by atoms with E-state index in [1.54, 1.807) is 0 Å². The topological polar surface area (TPSA) is 21.3 Å². The van der Waals surface area contributed by atoms with Crippen LogP contribution in [0.2, 0.25) is 5.02 Å². The van der Waals surface area contributed by atoms with Crippen molar-refractivity contribution in [1.82, 2.24) is 5.32 Å². The molecule has 3 rings (SSSR count). The highest BCUT2D eigenvalue weighted by Gasteiger charge is 2.17. The molecule has 0 saturated carbocycles. The normalized spacial score (nSPS) is 13.0. The fourth-order valence-electron chi connectivity index (χ4n) is 2.70. The third-order valence-corrected chi connectivity index (χ3v) is 4.17. The Balaban J connectivity index is 1.87. The van der Waals surface area contributed by atoms with Crippen molar-refractivity contribution in [2.75, 3.05) is 13.2 Å². The molecule has 1 aliphatic rings. The molecular weight excluding hydrogens is 282 g/mol. The van der Waals surface area contributed by atoms with E-state index < -0.39 is 0 Å². The number of hydrogen-bond acceptors (Lipinski definition) is 2. The predicted octanol–water partition coefficient (Wildman–Crippen LogP) is 4.44. The van der Waals surface area contributed by atoms with Crippen LogP contribution in [0.25, 0.3) is 11.1 Å². The number of nitrogens with one attached hydrogen (secondary N) is 1. The van der Waals surface area contributed by atoms with Gasteiger partial charge >= 0.3 is 0 Å². The first-order chi connectivity index (χ1) is 10.3. The molecule has 1 N–H and O–H groups in total. The minimum atomic E-state index is 0.777. The Morgan fingerprint density at radius 1 is 1.24 bits per heavy atom.